The molecule has 0 spiro atoms. The second kappa shape index (κ2) is 9.26. The monoisotopic (exact) mass is 486 g/mol. The number of aromatic nitrogens is 2. The van der Waals surface area contributed by atoms with Crippen LogP contribution in [0.1, 0.15) is 64.0 Å². The van der Waals surface area contributed by atoms with Crippen molar-refractivity contribution < 1.29 is 14.1 Å². The molecule has 1 saturated heterocycles. The number of rotatable bonds is 6. The highest BCUT2D eigenvalue weighted by atomic mass is 32.1. The van der Waals surface area contributed by atoms with Gasteiger partial charge in [0.1, 0.15) is 5.69 Å². The molecular formula is C27H26N4O3S. The number of hydrogen-bond acceptors (Lipinski definition) is 6. The van der Waals surface area contributed by atoms with Crippen LogP contribution in [-0.2, 0) is 0 Å². The van der Waals surface area contributed by atoms with Crippen molar-refractivity contribution in [2.24, 2.45) is 0 Å². The quantitative estimate of drug-likeness (QED) is 0.402. The van der Waals surface area contributed by atoms with Crippen molar-refractivity contribution in [1.29, 1.82) is 0 Å². The van der Waals surface area contributed by atoms with Crippen LogP contribution in [0.3, 0.4) is 0 Å². The van der Waals surface area contributed by atoms with E-state index in [-0.39, 0.29) is 23.6 Å². The molecule has 0 bridgehead atoms. The van der Waals surface area contributed by atoms with E-state index < -0.39 is 0 Å². The molecule has 2 aromatic carbocycles. The highest BCUT2D eigenvalue weighted by Gasteiger charge is 2.34. The van der Waals surface area contributed by atoms with E-state index in [2.05, 4.69) is 10.5 Å². The fourth-order valence-electron chi connectivity index (χ4n) is 4.73. The first-order valence-electron chi connectivity index (χ1n) is 12.2. The van der Waals surface area contributed by atoms with Crippen LogP contribution in [0, 0.1) is 0 Å². The maximum atomic E-state index is 13.8. The van der Waals surface area contributed by atoms with Crippen LogP contribution in [0.5, 0.6) is 0 Å². The van der Waals surface area contributed by atoms with E-state index in [9.17, 15) is 9.59 Å². The molecule has 0 radical (unpaired) electrons. The lowest BCUT2D eigenvalue weighted by molar-refractivity contribution is 0.0597. The van der Waals surface area contributed by atoms with Crippen molar-refractivity contribution >= 4 is 34.1 Å². The summed E-state index contributed by atoms with van der Waals surface area (Å²) in [6.45, 7) is 1.03. The zero-order valence-corrected chi connectivity index (χ0v) is 20.1. The van der Waals surface area contributed by atoms with Crippen LogP contribution in [0.25, 0.3) is 21.4 Å². The first-order chi connectivity index (χ1) is 17.2. The molecule has 35 heavy (non-hydrogen) atoms. The Morgan fingerprint density at radius 2 is 1.80 bits per heavy atom. The van der Waals surface area contributed by atoms with Crippen LogP contribution >= 0.6 is 11.3 Å². The second-order valence-corrected chi connectivity index (χ2v) is 10.3. The number of nitrogens with zero attached hydrogens (tertiary/aromatic N) is 3. The van der Waals surface area contributed by atoms with Crippen molar-refractivity contribution in [3.05, 3.63) is 71.0 Å². The van der Waals surface area contributed by atoms with Gasteiger partial charge in [0, 0.05) is 25.0 Å². The average molecular weight is 487 g/mol. The minimum Gasteiger partial charge on any atom is -0.355 e. The van der Waals surface area contributed by atoms with Gasteiger partial charge in [0.15, 0.2) is 11.3 Å². The fourth-order valence-corrected chi connectivity index (χ4v) is 5.96. The molecule has 178 valence electrons. The van der Waals surface area contributed by atoms with Gasteiger partial charge >= 0.3 is 0 Å². The Kier molecular flexibility index (Phi) is 5.82. The average Bonchev–Trinajstić information content (AvgIpc) is 3.51. The molecule has 1 N–H and O–H groups in total. The summed E-state index contributed by atoms with van der Waals surface area (Å²) < 4.78 is 5.28. The molecule has 1 saturated carbocycles. The van der Waals surface area contributed by atoms with Crippen molar-refractivity contribution in [3.63, 3.8) is 0 Å². The van der Waals surface area contributed by atoms with Gasteiger partial charge in [0.2, 0.25) is 0 Å². The molecule has 4 aromatic rings. The van der Waals surface area contributed by atoms with Gasteiger partial charge in [-0.2, -0.15) is 0 Å². The van der Waals surface area contributed by atoms with Crippen LogP contribution < -0.4 is 5.32 Å². The van der Waals surface area contributed by atoms with E-state index >= 15 is 0 Å². The van der Waals surface area contributed by atoms with Crippen LogP contribution in [0.15, 0.2) is 59.1 Å². The van der Waals surface area contributed by atoms with Gasteiger partial charge in [-0.15, -0.1) is 11.3 Å². The minimum absolute atomic E-state index is 0.0437. The molecule has 2 aromatic heterocycles. The third-order valence-electron chi connectivity index (χ3n) is 6.79. The SMILES string of the molecule is O=C(NC[C@@H]1CCCCN1C(=O)c1nc(C2CC2)sc1-c1ccccc1)c1noc2ccccc12. The third-order valence-corrected chi connectivity index (χ3v) is 8.05. The van der Waals surface area contributed by atoms with Gasteiger partial charge in [0.05, 0.1) is 15.3 Å². The lowest BCUT2D eigenvalue weighted by atomic mass is 10.0. The standard InChI is InChI=1S/C27H26N4O3S/c32-25(22-20-11-4-5-12-21(20)34-30-22)28-16-19-10-6-7-15-31(19)27(33)23-24(17-8-2-1-3-9-17)35-26(29-23)18-13-14-18/h1-5,8-9,11-12,18-19H,6-7,10,13-16H2,(H,28,32)/t19-/m0/s1. The molecule has 2 aliphatic rings. The number of carbonyl (C=O) groups excluding carboxylic acids is 2. The topological polar surface area (TPSA) is 88.3 Å². The highest BCUT2D eigenvalue weighted by molar-refractivity contribution is 7.15. The van der Waals surface area contributed by atoms with E-state index in [0.717, 1.165) is 47.6 Å². The van der Waals surface area contributed by atoms with Gasteiger partial charge in [0.25, 0.3) is 11.8 Å². The van der Waals surface area contributed by atoms with Gasteiger partial charge in [-0.1, -0.05) is 47.6 Å². The molecule has 3 heterocycles. The van der Waals surface area contributed by atoms with Gasteiger partial charge in [-0.25, -0.2) is 4.98 Å². The Hall–Kier alpha value is -3.52. The molecule has 0 unspecified atom stereocenters. The zero-order chi connectivity index (χ0) is 23.8. The summed E-state index contributed by atoms with van der Waals surface area (Å²) in [6, 6.07) is 17.3. The Balaban J connectivity index is 1.23. The van der Waals surface area contributed by atoms with Crippen LogP contribution in [0.4, 0.5) is 0 Å². The molecule has 1 aliphatic heterocycles. The Morgan fingerprint density at radius 3 is 2.63 bits per heavy atom. The van der Waals surface area contributed by atoms with Crippen molar-refractivity contribution in [2.75, 3.05) is 13.1 Å². The van der Waals surface area contributed by atoms with Crippen LogP contribution in [0.2, 0.25) is 0 Å². The normalized spacial score (nSPS) is 18.1. The summed E-state index contributed by atoms with van der Waals surface area (Å²) in [6.07, 6.45) is 5.10. The van der Waals surface area contributed by atoms with Gasteiger partial charge in [-0.3, -0.25) is 9.59 Å². The number of fused-ring (bicyclic) bond motifs is 1. The van der Waals surface area contributed by atoms with Crippen molar-refractivity contribution in [3.8, 4) is 10.4 Å². The summed E-state index contributed by atoms with van der Waals surface area (Å²) in [5.74, 6) is 0.151. The number of amides is 2. The number of thiazole rings is 1. The number of nitrogens with one attached hydrogen (secondary N) is 1. The number of hydrogen-bond donors (Lipinski definition) is 1. The maximum absolute atomic E-state index is 13.8. The van der Waals surface area contributed by atoms with E-state index in [1.54, 1.807) is 17.4 Å². The minimum atomic E-state index is -0.289. The summed E-state index contributed by atoms with van der Waals surface area (Å²) in [7, 11) is 0. The lowest BCUT2D eigenvalue weighted by Gasteiger charge is -2.35. The number of carbonyl (C=O) groups is 2. The molecular weight excluding hydrogens is 460 g/mol. The van der Waals surface area contributed by atoms with E-state index in [1.165, 1.54) is 0 Å². The zero-order valence-electron chi connectivity index (χ0n) is 19.3. The third kappa shape index (κ3) is 4.34. The molecule has 7 nitrogen and oxygen atoms in total. The molecule has 6 rings (SSSR count). The Bertz CT molecular complexity index is 1380. The number of likely N-dealkylation sites (tertiary alicyclic amines) is 1. The first-order valence-corrected chi connectivity index (χ1v) is 13.0. The molecule has 8 heteroatoms. The number of piperidine rings is 1. The van der Waals surface area contributed by atoms with Crippen molar-refractivity contribution in [1.82, 2.24) is 20.4 Å². The molecule has 2 fully saturated rings. The van der Waals surface area contributed by atoms with Crippen LogP contribution in [-0.4, -0.2) is 46.0 Å². The smallest absolute Gasteiger partial charge is 0.274 e. The summed E-state index contributed by atoms with van der Waals surface area (Å²) in [5.41, 5.74) is 2.42. The predicted octanol–water partition coefficient (Wildman–Crippen LogP) is 5.25. The van der Waals surface area contributed by atoms with Gasteiger partial charge < -0.3 is 14.7 Å². The first kappa shape index (κ1) is 22.0. The summed E-state index contributed by atoms with van der Waals surface area (Å²) >= 11 is 1.65. The van der Waals surface area contributed by atoms with Gasteiger partial charge in [-0.05, 0) is 49.8 Å². The second-order valence-electron chi connectivity index (χ2n) is 9.26. The van der Waals surface area contributed by atoms with Crippen molar-refractivity contribution in [2.45, 2.75) is 44.1 Å². The number of para-hydroxylation sites is 1. The highest BCUT2D eigenvalue weighted by Crippen LogP contribution is 2.45. The van der Waals surface area contributed by atoms with E-state index in [1.807, 2.05) is 53.4 Å². The van der Waals surface area contributed by atoms with E-state index in [4.69, 9.17) is 9.51 Å². The molecule has 1 aliphatic carbocycles. The summed E-state index contributed by atoms with van der Waals surface area (Å²) in [4.78, 5) is 34.4. The predicted molar refractivity (Wildman–Crippen MR) is 135 cm³/mol. The van der Waals surface area contributed by atoms with E-state index in [0.29, 0.717) is 35.7 Å². The molecule has 1 atom stereocenters. The maximum Gasteiger partial charge on any atom is 0.274 e. The lowest BCUT2D eigenvalue weighted by Crippen LogP contribution is -2.49. The Morgan fingerprint density at radius 1 is 1.00 bits per heavy atom. The molecule has 2 amide bonds. The number of benzene rings is 2. The summed E-state index contributed by atoms with van der Waals surface area (Å²) in [5, 5.41) is 8.69. The fraction of sp³-hybridized carbons (Fsp3) is 0.333. The largest absolute Gasteiger partial charge is 0.355 e. The Labute approximate surface area is 207 Å².